The highest BCUT2D eigenvalue weighted by Crippen LogP contribution is 2.25. The number of amides is 1. The molecule has 0 atom stereocenters. The van der Waals surface area contributed by atoms with Crippen molar-refractivity contribution in [2.45, 2.75) is 26.8 Å². The van der Waals surface area contributed by atoms with Crippen LogP contribution in [-0.2, 0) is 17.8 Å². The molecule has 3 rings (SSSR count). The predicted octanol–water partition coefficient (Wildman–Crippen LogP) is 3.50. The average molecular weight is 283 g/mol. The highest BCUT2D eigenvalue weighted by atomic mass is 16.3. The second-order valence-electron chi connectivity index (χ2n) is 5.23. The molecule has 0 aliphatic rings. The van der Waals surface area contributed by atoms with Crippen molar-refractivity contribution < 1.29 is 13.6 Å². The summed E-state index contributed by atoms with van der Waals surface area (Å²) in [5.74, 6) is 0.694. The van der Waals surface area contributed by atoms with Crippen LogP contribution in [0.4, 0.5) is 0 Å². The van der Waals surface area contributed by atoms with Crippen LogP contribution in [-0.4, -0.2) is 5.91 Å². The third-order valence-corrected chi connectivity index (χ3v) is 3.66. The number of nitrogens with one attached hydrogen (secondary N) is 1. The second kappa shape index (κ2) is 5.48. The Morgan fingerprint density at radius 1 is 1.19 bits per heavy atom. The topological polar surface area (TPSA) is 55.4 Å². The van der Waals surface area contributed by atoms with E-state index in [1.165, 1.54) is 11.1 Å². The fourth-order valence-electron chi connectivity index (χ4n) is 2.31. The molecule has 0 aliphatic heterocycles. The molecule has 0 fully saturated rings. The Hall–Kier alpha value is -2.49. The Morgan fingerprint density at radius 3 is 2.76 bits per heavy atom. The first-order chi connectivity index (χ1) is 10.1. The Labute approximate surface area is 122 Å². The largest absolute Gasteiger partial charge is 0.467 e. The van der Waals surface area contributed by atoms with Crippen molar-refractivity contribution in [3.8, 4) is 0 Å². The van der Waals surface area contributed by atoms with Gasteiger partial charge in [0.1, 0.15) is 11.3 Å². The number of furan rings is 2. The van der Waals surface area contributed by atoms with Gasteiger partial charge in [0.25, 0.3) is 0 Å². The van der Waals surface area contributed by atoms with Gasteiger partial charge in [0, 0.05) is 10.9 Å². The lowest BCUT2D eigenvalue weighted by atomic mass is 10.0. The molecule has 3 aromatic rings. The van der Waals surface area contributed by atoms with Gasteiger partial charge in [-0.1, -0.05) is 0 Å². The van der Waals surface area contributed by atoms with Gasteiger partial charge in [0.2, 0.25) is 5.91 Å². The van der Waals surface area contributed by atoms with Gasteiger partial charge in [0.15, 0.2) is 0 Å². The Bertz CT molecular complexity index is 769. The maximum Gasteiger partial charge on any atom is 0.224 e. The maximum atomic E-state index is 12.0. The van der Waals surface area contributed by atoms with Crippen LogP contribution >= 0.6 is 0 Å². The van der Waals surface area contributed by atoms with E-state index in [-0.39, 0.29) is 5.91 Å². The maximum absolute atomic E-state index is 12.0. The Balaban J connectivity index is 1.72. The number of hydrogen-bond donors (Lipinski definition) is 1. The third-order valence-electron chi connectivity index (χ3n) is 3.66. The summed E-state index contributed by atoms with van der Waals surface area (Å²) in [5.41, 5.74) is 4.11. The lowest BCUT2D eigenvalue weighted by Crippen LogP contribution is -2.24. The van der Waals surface area contributed by atoms with E-state index in [9.17, 15) is 4.79 Å². The van der Waals surface area contributed by atoms with Crippen LogP contribution in [0, 0.1) is 13.8 Å². The van der Waals surface area contributed by atoms with E-state index < -0.39 is 0 Å². The molecule has 2 heterocycles. The fourth-order valence-corrected chi connectivity index (χ4v) is 2.31. The van der Waals surface area contributed by atoms with Gasteiger partial charge in [-0.2, -0.15) is 0 Å². The first-order valence-corrected chi connectivity index (χ1v) is 6.90. The Kier molecular flexibility index (Phi) is 3.52. The molecule has 4 nitrogen and oxygen atoms in total. The van der Waals surface area contributed by atoms with Gasteiger partial charge in [-0.15, -0.1) is 0 Å². The molecule has 0 bridgehead atoms. The van der Waals surface area contributed by atoms with Crippen molar-refractivity contribution in [3.63, 3.8) is 0 Å². The summed E-state index contributed by atoms with van der Waals surface area (Å²) in [6.07, 6.45) is 3.56. The Morgan fingerprint density at radius 2 is 2.00 bits per heavy atom. The number of carbonyl (C=O) groups excluding carboxylic acids is 1. The predicted molar refractivity (Wildman–Crippen MR) is 79.9 cm³/mol. The summed E-state index contributed by atoms with van der Waals surface area (Å²) < 4.78 is 10.7. The van der Waals surface area contributed by atoms with Crippen LogP contribution in [0.1, 0.15) is 22.5 Å². The highest BCUT2D eigenvalue weighted by molar-refractivity contribution is 5.88. The van der Waals surface area contributed by atoms with Crippen LogP contribution in [0.15, 0.2) is 45.6 Å². The van der Waals surface area contributed by atoms with Crippen LogP contribution in [0.3, 0.4) is 0 Å². The minimum atomic E-state index is -0.0488. The standard InChI is InChI=1S/C17H17NO3/c1-11-6-15-13(10-21-16(15)7-12(11)2)8-17(19)18-9-14-4-3-5-20-14/h3-7,10H,8-9H2,1-2H3,(H,18,19). The quantitative estimate of drug-likeness (QED) is 0.797. The zero-order valence-corrected chi connectivity index (χ0v) is 12.1. The van der Waals surface area contributed by atoms with E-state index in [2.05, 4.69) is 18.3 Å². The molecular formula is C17H17NO3. The van der Waals surface area contributed by atoms with Gasteiger partial charge in [-0.25, -0.2) is 0 Å². The fraction of sp³-hybridized carbons (Fsp3) is 0.235. The molecule has 0 aliphatic carbocycles. The highest BCUT2D eigenvalue weighted by Gasteiger charge is 2.11. The van der Waals surface area contributed by atoms with Gasteiger partial charge >= 0.3 is 0 Å². The monoisotopic (exact) mass is 283 g/mol. The van der Waals surface area contributed by atoms with Crippen molar-refractivity contribution in [1.29, 1.82) is 0 Å². The second-order valence-corrected chi connectivity index (χ2v) is 5.23. The first-order valence-electron chi connectivity index (χ1n) is 6.90. The SMILES string of the molecule is Cc1cc2occ(CC(=O)NCc3ccco3)c2cc1C. The number of rotatable bonds is 4. The molecule has 1 N–H and O–H groups in total. The molecule has 0 saturated heterocycles. The molecule has 108 valence electrons. The van der Waals surface area contributed by atoms with Crippen molar-refractivity contribution in [3.05, 3.63) is 59.2 Å². The molecule has 0 radical (unpaired) electrons. The number of hydrogen-bond acceptors (Lipinski definition) is 3. The van der Waals surface area contributed by atoms with Gasteiger partial charge in [-0.3, -0.25) is 4.79 Å². The summed E-state index contributed by atoms with van der Waals surface area (Å²) >= 11 is 0. The summed E-state index contributed by atoms with van der Waals surface area (Å²) in [6, 6.07) is 7.72. The third kappa shape index (κ3) is 2.84. The number of fused-ring (bicyclic) bond motifs is 1. The summed E-state index contributed by atoms with van der Waals surface area (Å²) in [6.45, 7) is 4.51. The molecule has 21 heavy (non-hydrogen) atoms. The van der Waals surface area contributed by atoms with Crippen molar-refractivity contribution >= 4 is 16.9 Å². The van der Waals surface area contributed by atoms with Crippen molar-refractivity contribution in [1.82, 2.24) is 5.32 Å². The molecular weight excluding hydrogens is 266 g/mol. The zero-order valence-electron chi connectivity index (χ0n) is 12.1. The molecule has 0 unspecified atom stereocenters. The summed E-state index contributed by atoms with van der Waals surface area (Å²) in [7, 11) is 0. The van der Waals surface area contributed by atoms with Gasteiger partial charge < -0.3 is 14.2 Å². The molecule has 0 saturated carbocycles. The smallest absolute Gasteiger partial charge is 0.224 e. The molecule has 2 aromatic heterocycles. The zero-order chi connectivity index (χ0) is 14.8. The van der Waals surface area contributed by atoms with Gasteiger partial charge in [-0.05, 0) is 49.2 Å². The van der Waals surface area contributed by atoms with E-state index in [4.69, 9.17) is 8.83 Å². The van der Waals surface area contributed by atoms with Crippen LogP contribution in [0.5, 0.6) is 0 Å². The van der Waals surface area contributed by atoms with Crippen molar-refractivity contribution in [2.24, 2.45) is 0 Å². The average Bonchev–Trinajstić information content (AvgIpc) is 3.09. The molecule has 1 aromatic carbocycles. The van der Waals surface area contributed by atoms with E-state index >= 15 is 0 Å². The normalized spacial score (nSPS) is 11.0. The van der Waals surface area contributed by atoms with E-state index in [1.54, 1.807) is 18.6 Å². The minimum absolute atomic E-state index is 0.0488. The lowest BCUT2D eigenvalue weighted by Gasteiger charge is -2.03. The molecule has 1 amide bonds. The van der Waals surface area contributed by atoms with Crippen molar-refractivity contribution in [2.75, 3.05) is 0 Å². The van der Waals surface area contributed by atoms with Gasteiger partial charge in [0.05, 0.1) is 25.5 Å². The van der Waals surface area contributed by atoms with Crippen LogP contribution < -0.4 is 5.32 Å². The number of benzene rings is 1. The van der Waals surface area contributed by atoms with E-state index in [1.807, 2.05) is 19.1 Å². The van der Waals surface area contributed by atoms with Crippen LogP contribution in [0.25, 0.3) is 11.0 Å². The minimum Gasteiger partial charge on any atom is -0.467 e. The summed E-state index contributed by atoms with van der Waals surface area (Å²) in [5, 5.41) is 3.85. The molecule has 0 spiro atoms. The van der Waals surface area contributed by atoms with Crippen LogP contribution in [0.2, 0.25) is 0 Å². The first kappa shape index (κ1) is 13.5. The molecule has 4 heteroatoms. The summed E-state index contributed by atoms with van der Waals surface area (Å²) in [4.78, 5) is 12.0. The number of aryl methyl sites for hydroxylation is 2. The van der Waals surface area contributed by atoms with E-state index in [0.29, 0.717) is 13.0 Å². The number of carbonyl (C=O) groups is 1. The van der Waals surface area contributed by atoms with E-state index in [0.717, 1.165) is 22.3 Å². The lowest BCUT2D eigenvalue weighted by molar-refractivity contribution is -0.120.